The summed E-state index contributed by atoms with van der Waals surface area (Å²) in [4.78, 5) is 143. The van der Waals surface area contributed by atoms with E-state index < -0.39 is 60.4 Å². The number of ether oxygens (including phenoxy) is 3. The first-order valence-electron chi connectivity index (χ1n) is 44.5. The maximum atomic E-state index is 13.5. The molecule has 3 aromatic carbocycles. The van der Waals surface area contributed by atoms with Crippen molar-refractivity contribution in [3.05, 3.63) is 119 Å². The van der Waals surface area contributed by atoms with Crippen molar-refractivity contribution < 1.29 is 177 Å². The van der Waals surface area contributed by atoms with Gasteiger partial charge in [0.1, 0.15) is 36.0 Å². The van der Waals surface area contributed by atoms with Gasteiger partial charge in [-0.1, -0.05) is 220 Å². The van der Waals surface area contributed by atoms with E-state index in [2.05, 4.69) is 47.6 Å². The predicted octanol–water partition coefficient (Wildman–Crippen LogP) is 7.13. The maximum absolute atomic E-state index is 13.5. The van der Waals surface area contributed by atoms with Crippen molar-refractivity contribution in [1.82, 2.24) is 52.1 Å². The number of carbonyl (C=O) groups excluding carboxylic acids is 11. The van der Waals surface area contributed by atoms with Gasteiger partial charge in [-0.05, 0) is 105 Å². The van der Waals surface area contributed by atoms with Gasteiger partial charge in [0.25, 0.3) is 0 Å². The third-order valence-electron chi connectivity index (χ3n) is 22.5. The van der Waals surface area contributed by atoms with Crippen molar-refractivity contribution >= 4 is 77.8 Å². The average molecular weight is 1720 g/mol. The van der Waals surface area contributed by atoms with Crippen LogP contribution < -0.4 is 140 Å². The topological polar surface area (TPSA) is 382 Å². The Morgan fingerprint density at radius 1 is 0.462 bits per heavy atom. The van der Waals surface area contributed by atoms with Gasteiger partial charge >= 0.3 is 115 Å². The van der Waals surface area contributed by atoms with Crippen LogP contribution >= 0.6 is 0 Å². The standard InChI is InChI=1S/C33H51N5O5.C32H49N6O5.C21H30N3O4.3CH4.2K.2H/c1-6-27(19-35-37-33(42)34-18-24-13-15-26(16-14-24)30(39)7-2)36-31(40)29-17-28(43-21-25-11-9-8-10-12-25)20-38(29)32(41)23(5)22(3)4;1-5-25(18-35-37-32(42)34-17-22-12-14-24(15-13-22)28(39)6-2)36-30(40)27-16-26(43-20-23-10-8-7-9-11-23)19-38(27)31(41)29(33)21(3)4;1-4-16(12-25)23-20(26)18-10-17(28-13-15-8-6-5-7-9-15)11-24(18)21(27)19(22)14(2)3;;;;;;;/h8-12,19,22-24,26-29H,6-7,13-18,20-21H2,1-5H3,(H,36,40)(H2,34,37,42);7-11,18,21-22,24-27,29,33H,5-6,12-17,19-20H2,1-4H3,(H,36,40)(H2,34,37,42);5-9,12,14,16-19,22H,4,10-11,13H2,1-3H3,(H,23,26);3*1H4;;;;/q;2*-1;;;;2*+1;2*-1/b35-19+;35-18+;;;;;;;;/t23-,24?,26?,27-,28+,29-;22?,24?,25-,26+,27-,29-;16-,17+,18-,19-;;;;;;;/m000......./s1/i;;;3*1T;;;2*1+2. The number of likely N-dealkylation sites (tertiary alicyclic amines) is 3. The van der Waals surface area contributed by atoms with E-state index in [0.717, 1.165) is 68.1 Å². The summed E-state index contributed by atoms with van der Waals surface area (Å²) < 4.78 is 35.4. The number of hydrogen-bond donors (Lipinski definition) is 7. The molecule has 5 aliphatic rings. The first kappa shape index (κ1) is 106. The predicted molar refractivity (Wildman–Crippen MR) is 462 cm³/mol. The molecular formula is C89H144K2N14O14-2. The van der Waals surface area contributed by atoms with E-state index >= 15 is 0 Å². The molecule has 119 heavy (non-hydrogen) atoms. The molecule has 3 heterocycles. The molecule has 12 atom stereocenters. The van der Waals surface area contributed by atoms with Crippen molar-refractivity contribution in [2.45, 2.75) is 294 Å². The number of hydrazone groups is 2. The Balaban J connectivity index is 0. The van der Waals surface area contributed by atoms with Gasteiger partial charge in [-0.15, -0.1) is 0 Å². The Morgan fingerprint density at radius 3 is 1.03 bits per heavy atom. The molecular weight excluding hydrogens is 1570 g/mol. The van der Waals surface area contributed by atoms with Crippen molar-refractivity contribution in [2.75, 3.05) is 32.7 Å². The molecule has 9 N–H and O–H groups in total. The van der Waals surface area contributed by atoms with E-state index in [-0.39, 0.29) is 208 Å². The van der Waals surface area contributed by atoms with Crippen LogP contribution in [0.1, 0.15) is 232 Å². The molecule has 2 saturated carbocycles. The van der Waals surface area contributed by atoms with E-state index in [4.69, 9.17) is 29.8 Å². The number of nitrogens with zero attached hydrogens (tertiary/aromatic N) is 5. The number of ketones is 2. The van der Waals surface area contributed by atoms with Crippen molar-refractivity contribution in [3.8, 4) is 0 Å². The summed E-state index contributed by atoms with van der Waals surface area (Å²) >= 11 is 0. The molecule has 28 nitrogen and oxygen atoms in total. The van der Waals surface area contributed by atoms with Crippen LogP contribution in [0.3, 0.4) is 0 Å². The third kappa shape index (κ3) is 37.4. The number of hydrogen-bond acceptors (Lipinski definition) is 16. The zero-order valence-corrected chi connectivity index (χ0v) is 80.5. The molecule has 0 unspecified atom stereocenters. The molecule has 0 bridgehead atoms. The quantitative estimate of drug-likeness (QED) is 0.0131. The number of Topliss-reactive ketones (excluding diaryl/α,β-unsaturated/α-hetero) is 2. The van der Waals surface area contributed by atoms with E-state index in [1.54, 1.807) is 11.8 Å². The van der Waals surface area contributed by atoms with Crippen molar-refractivity contribution in [1.29, 1.82) is 0 Å². The fraction of sp³-hybridized carbons (Fsp3) is 0.652. The molecule has 3 saturated heterocycles. The van der Waals surface area contributed by atoms with Crippen LogP contribution in [-0.2, 0) is 77.2 Å². The zero-order valence-electron chi connectivity index (χ0n) is 79.3. The van der Waals surface area contributed by atoms with Crippen LogP contribution in [0.15, 0.2) is 101 Å². The second-order valence-corrected chi connectivity index (χ2v) is 31.9. The molecule has 10 amide bonds. The normalized spacial score (nSPS) is 22.3. The van der Waals surface area contributed by atoms with Gasteiger partial charge in [0, 0.05) is 99.1 Å². The molecule has 30 heteroatoms. The molecule has 5 fully saturated rings. The molecule has 0 spiro atoms. The molecule has 0 radical (unpaired) electrons. The number of aldehydes is 1. The summed E-state index contributed by atoms with van der Waals surface area (Å²) in [5.74, 6) is -0.487. The first-order valence-corrected chi connectivity index (χ1v) is 41.5. The van der Waals surface area contributed by atoms with Gasteiger partial charge in [-0.2, -0.15) is 10.2 Å². The van der Waals surface area contributed by atoms with Gasteiger partial charge in [0.15, 0.2) is 0 Å². The zero-order chi connectivity index (χ0) is 89.4. The number of nitrogens with one attached hydrogen (secondary N) is 9. The van der Waals surface area contributed by atoms with Crippen LogP contribution in [0, 0.1) is 47.3 Å². The van der Waals surface area contributed by atoms with Crippen molar-refractivity contribution in [3.63, 3.8) is 0 Å². The first-order chi connectivity index (χ1) is 57.6. The maximum Gasteiger partial charge on any atom is 1.00 e. The summed E-state index contributed by atoms with van der Waals surface area (Å²) in [6.07, 6.45) is 13.9. The van der Waals surface area contributed by atoms with Crippen LogP contribution in [-0.4, -0.2) is 192 Å². The molecule has 8 rings (SSSR count). The Hall–Kier alpha value is -5.56. The molecule has 0 aromatic heterocycles. The summed E-state index contributed by atoms with van der Waals surface area (Å²) in [6, 6.07) is 22.9. The van der Waals surface area contributed by atoms with E-state index in [1.807, 2.05) is 167 Å². The van der Waals surface area contributed by atoms with Crippen LogP contribution in [0.2, 0.25) is 0 Å². The monoisotopic (exact) mass is 1720 g/mol. The second-order valence-electron chi connectivity index (χ2n) is 31.9. The molecule has 3 aromatic rings. The minimum atomic E-state index is -0.969. The smallest absolute Gasteiger partial charge is 1.00 e. The molecule has 658 valence electrons. The Kier molecular flexibility index (Phi) is 52.7. The summed E-state index contributed by atoms with van der Waals surface area (Å²) in [5.41, 5.74) is 24.5. The van der Waals surface area contributed by atoms with E-state index in [9.17, 15) is 52.7 Å². The van der Waals surface area contributed by atoms with E-state index in [1.165, 1.54) is 44.4 Å². The van der Waals surface area contributed by atoms with Gasteiger partial charge in [0.2, 0.25) is 35.4 Å². The fourth-order valence-electron chi connectivity index (χ4n) is 14.5. The minimum Gasteiger partial charge on any atom is -1.00 e. The number of rotatable bonds is 37. The number of amides is 10. The SMILES string of the molecule is CCC(=O)C1CCC(CNC(=O)N/N=C/[C@H](CC)NC(=O)[C@@H]2C[C@@H](OCc3ccccc3)CN2C(=O)[C@@H](C)C(C)C)CC1.CCC(=O)C1CCC(CNC(=O)N/N=C/[C@H](CC)NC(=O)[C@@H]2C[C@@H](OCc3ccccc3)CN2C(=O)[C@@H]([NH-])C(C)C)CC1.CC[C@@H](C=O)NC(=O)[C@@H]1C[C@@H](OCc2ccccc2)CN1C(=O)[C@@H]([NH-])C(C)C.[3H-].[3H-].[3H]C.[3H]C.[3H]C.[K+].[K+]. The van der Waals surface area contributed by atoms with Gasteiger partial charge in [0.05, 0.1) is 56.3 Å². The minimum absolute atomic E-state index is 0. The number of urea groups is 2. The van der Waals surface area contributed by atoms with Gasteiger partial charge in [-0.3, -0.25) is 38.4 Å². The summed E-state index contributed by atoms with van der Waals surface area (Å²) in [6.45, 7) is 25.7. The summed E-state index contributed by atoms with van der Waals surface area (Å²) in [5, 5.41) is 22.4. The van der Waals surface area contributed by atoms with Gasteiger partial charge in [-0.25, -0.2) is 20.4 Å². The van der Waals surface area contributed by atoms with E-state index in [0.29, 0.717) is 121 Å². The Bertz CT molecular complexity index is 3430. The third-order valence-corrected chi connectivity index (χ3v) is 22.5. The largest absolute Gasteiger partial charge is 1.00 e. The Morgan fingerprint density at radius 2 is 0.756 bits per heavy atom. The molecule has 2 aliphatic carbocycles. The Labute approximate surface area is 802 Å². The average Bonchev–Trinajstić information content (AvgIpc) is 1.68. The number of benzene rings is 3. The number of carbonyl (C=O) groups is 11. The summed E-state index contributed by atoms with van der Waals surface area (Å²) in [7, 11) is 3.75. The molecule has 3 aliphatic heterocycles. The van der Waals surface area contributed by atoms with Gasteiger partial charge < -0.3 is 74.6 Å². The second kappa shape index (κ2) is 59.3. The van der Waals surface area contributed by atoms with Crippen LogP contribution in [0.25, 0.3) is 11.5 Å². The fourth-order valence-corrected chi connectivity index (χ4v) is 14.5. The van der Waals surface area contributed by atoms with Crippen LogP contribution in [0.4, 0.5) is 9.59 Å². The van der Waals surface area contributed by atoms with Crippen LogP contribution in [0.5, 0.6) is 0 Å². The van der Waals surface area contributed by atoms with Crippen molar-refractivity contribution in [2.24, 2.45) is 57.5 Å².